The van der Waals surface area contributed by atoms with Crippen molar-refractivity contribution in [3.8, 4) is 11.3 Å². The number of thiazole rings is 1. The highest BCUT2D eigenvalue weighted by Crippen LogP contribution is 2.33. The van der Waals surface area contributed by atoms with Crippen molar-refractivity contribution in [3.05, 3.63) is 71.1 Å². The highest BCUT2D eigenvalue weighted by Gasteiger charge is 2.30. The molecule has 4 aromatic rings. The van der Waals surface area contributed by atoms with E-state index in [1.54, 1.807) is 6.07 Å². The van der Waals surface area contributed by atoms with Gasteiger partial charge in [-0.25, -0.2) is 0 Å². The number of aromatic nitrogens is 3. The van der Waals surface area contributed by atoms with Gasteiger partial charge >= 0.3 is 6.18 Å². The van der Waals surface area contributed by atoms with Gasteiger partial charge in [-0.05, 0) is 17.2 Å². The van der Waals surface area contributed by atoms with Crippen molar-refractivity contribution in [2.75, 3.05) is 0 Å². The van der Waals surface area contributed by atoms with Crippen molar-refractivity contribution < 1.29 is 13.2 Å². The van der Waals surface area contributed by atoms with Crippen LogP contribution in [0.1, 0.15) is 11.1 Å². The third-order valence-corrected chi connectivity index (χ3v) is 5.63. The highest BCUT2D eigenvalue weighted by atomic mass is 32.2. The molecule has 4 rings (SSSR count). The van der Waals surface area contributed by atoms with Gasteiger partial charge in [0.1, 0.15) is 0 Å². The molecular weight excluding hydrogens is 379 g/mol. The molecule has 0 fully saturated rings. The Balaban J connectivity index is 1.62. The van der Waals surface area contributed by atoms with Crippen molar-refractivity contribution in [2.45, 2.75) is 17.1 Å². The molecule has 0 bridgehead atoms. The van der Waals surface area contributed by atoms with Crippen LogP contribution in [0.4, 0.5) is 13.2 Å². The van der Waals surface area contributed by atoms with Gasteiger partial charge in [0.15, 0.2) is 5.16 Å². The lowest BCUT2D eigenvalue weighted by Gasteiger charge is -2.08. The van der Waals surface area contributed by atoms with Gasteiger partial charge in [-0.3, -0.25) is 4.40 Å². The van der Waals surface area contributed by atoms with Crippen LogP contribution in [-0.4, -0.2) is 14.6 Å². The first kappa shape index (κ1) is 17.1. The molecule has 0 atom stereocenters. The molecule has 8 heteroatoms. The molecule has 2 heterocycles. The molecule has 0 N–H and O–H groups in total. The molecular formula is C18H12F3N3S2. The summed E-state index contributed by atoms with van der Waals surface area (Å²) in [6.07, 6.45) is -4.34. The van der Waals surface area contributed by atoms with Crippen LogP contribution in [0.3, 0.4) is 0 Å². The van der Waals surface area contributed by atoms with E-state index in [4.69, 9.17) is 0 Å². The van der Waals surface area contributed by atoms with Crippen LogP contribution in [0.15, 0.2) is 65.1 Å². The highest BCUT2D eigenvalue weighted by molar-refractivity contribution is 7.98. The Morgan fingerprint density at radius 2 is 1.81 bits per heavy atom. The summed E-state index contributed by atoms with van der Waals surface area (Å²) in [5.41, 5.74) is 1.97. The van der Waals surface area contributed by atoms with E-state index in [1.165, 1.54) is 35.2 Å². The van der Waals surface area contributed by atoms with Gasteiger partial charge < -0.3 is 0 Å². The van der Waals surface area contributed by atoms with Crippen LogP contribution >= 0.6 is 23.1 Å². The lowest BCUT2D eigenvalue weighted by Crippen LogP contribution is -2.04. The zero-order valence-electron chi connectivity index (χ0n) is 13.3. The van der Waals surface area contributed by atoms with Crippen molar-refractivity contribution >= 4 is 28.1 Å². The van der Waals surface area contributed by atoms with E-state index in [-0.39, 0.29) is 0 Å². The molecule has 0 aliphatic rings. The molecule has 0 amide bonds. The lowest BCUT2D eigenvalue weighted by molar-refractivity contribution is -0.137. The Morgan fingerprint density at radius 1 is 1.00 bits per heavy atom. The van der Waals surface area contributed by atoms with E-state index in [1.807, 2.05) is 40.1 Å². The summed E-state index contributed by atoms with van der Waals surface area (Å²) in [7, 11) is 0. The van der Waals surface area contributed by atoms with E-state index in [9.17, 15) is 13.2 Å². The minimum Gasteiger partial charge on any atom is -0.260 e. The topological polar surface area (TPSA) is 30.2 Å². The summed E-state index contributed by atoms with van der Waals surface area (Å²) in [4.78, 5) is 0.760. The molecule has 2 aromatic carbocycles. The van der Waals surface area contributed by atoms with E-state index in [0.29, 0.717) is 16.5 Å². The Morgan fingerprint density at radius 3 is 2.58 bits per heavy atom. The number of rotatable bonds is 4. The van der Waals surface area contributed by atoms with E-state index >= 15 is 0 Å². The van der Waals surface area contributed by atoms with Crippen molar-refractivity contribution in [3.63, 3.8) is 0 Å². The number of halogens is 3. The average Bonchev–Trinajstić information content (AvgIpc) is 3.22. The van der Waals surface area contributed by atoms with Gasteiger partial charge in [0, 0.05) is 11.1 Å². The van der Waals surface area contributed by atoms with Crippen LogP contribution in [0.25, 0.3) is 16.2 Å². The number of nitrogens with zero attached hydrogens (tertiary/aromatic N) is 3. The first-order valence-electron chi connectivity index (χ1n) is 7.69. The second-order valence-electron chi connectivity index (χ2n) is 5.57. The molecule has 132 valence electrons. The molecule has 0 saturated heterocycles. The number of hydrogen-bond donors (Lipinski definition) is 0. The fourth-order valence-electron chi connectivity index (χ4n) is 2.59. The predicted octanol–water partition coefficient (Wildman–Crippen LogP) is 5.77. The van der Waals surface area contributed by atoms with Crippen molar-refractivity contribution in [1.29, 1.82) is 0 Å². The molecule has 0 saturated carbocycles. The normalized spacial score (nSPS) is 12.0. The van der Waals surface area contributed by atoms with Crippen LogP contribution in [-0.2, 0) is 11.9 Å². The minimum absolute atomic E-state index is 0.384. The zero-order valence-corrected chi connectivity index (χ0v) is 14.9. The van der Waals surface area contributed by atoms with Gasteiger partial charge in [-0.15, -0.1) is 21.5 Å². The number of benzene rings is 2. The molecule has 0 unspecified atom stereocenters. The van der Waals surface area contributed by atoms with Gasteiger partial charge in [0.05, 0.1) is 11.3 Å². The van der Waals surface area contributed by atoms with Gasteiger partial charge in [0.25, 0.3) is 0 Å². The SMILES string of the molecule is FC(F)(F)c1cccc(CSc2nnc3scc(-c4ccccc4)n23)c1. The molecule has 2 aromatic heterocycles. The second-order valence-corrected chi connectivity index (χ2v) is 7.35. The van der Waals surface area contributed by atoms with Crippen LogP contribution in [0.2, 0.25) is 0 Å². The summed E-state index contributed by atoms with van der Waals surface area (Å²) in [6, 6.07) is 15.2. The Kier molecular flexibility index (Phi) is 4.46. The first-order chi connectivity index (χ1) is 12.5. The fraction of sp³-hybridized carbons (Fsp3) is 0.111. The van der Waals surface area contributed by atoms with E-state index < -0.39 is 11.7 Å². The Hall–Kier alpha value is -2.32. The third kappa shape index (κ3) is 3.34. The molecule has 0 spiro atoms. The van der Waals surface area contributed by atoms with Crippen molar-refractivity contribution in [2.24, 2.45) is 0 Å². The van der Waals surface area contributed by atoms with Crippen LogP contribution < -0.4 is 0 Å². The van der Waals surface area contributed by atoms with Gasteiger partial charge in [0.2, 0.25) is 4.96 Å². The number of thioether (sulfide) groups is 1. The Bertz CT molecular complexity index is 1040. The number of hydrogen-bond acceptors (Lipinski definition) is 4. The first-order valence-corrected chi connectivity index (χ1v) is 9.56. The maximum atomic E-state index is 12.9. The summed E-state index contributed by atoms with van der Waals surface area (Å²) in [5.74, 6) is 0.384. The number of alkyl halides is 3. The summed E-state index contributed by atoms with van der Waals surface area (Å²) in [6.45, 7) is 0. The second kappa shape index (κ2) is 6.77. The molecule has 26 heavy (non-hydrogen) atoms. The summed E-state index contributed by atoms with van der Waals surface area (Å²) < 4.78 is 40.5. The quantitative estimate of drug-likeness (QED) is 0.414. The largest absolute Gasteiger partial charge is 0.416 e. The maximum Gasteiger partial charge on any atom is 0.416 e. The average molecular weight is 391 g/mol. The summed E-state index contributed by atoms with van der Waals surface area (Å²) in [5, 5.41) is 11.0. The molecule has 0 aliphatic carbocycles. The molecule has 3 nitrogen and oxygen atoms in total. The molecule has 0 aliphatic heterocycles. The van der Waals surface area contributed by atoms with Crippen LogP contribution in [0, 0.1) is 0 Å². The van der Waals surface area contributed by atoms with Crippen LogP contribution in [0.5, 0.6) is 0 Å². The van der Waals surface area contributed by atoms with Gasteiger partial charge in [-0.1, -0.05) is 60.3 Å². The Labute approximate surface area is 155 Å². The molecule has 0 radical (unpaired) electrons. The lowest BCUT2D eigenvalue weighted by atomic mass is 10.1. The predicted molar refractivity (Wildman–Crippen MR) is 97.3 cm³/mol. The standard InChI is InChI=1S/C18H12F3N3S2/c19-18(20,21)14-8-4-5-12(9-14)10-25-16-22-23-17-24(16)15(11-26-17)13-6-2-1-3-7-13/h1-9,11H,10H2. The monoisotopic (exact) mass is 391 g/mol. The maximum absolute atomic E-state index is 12.9. The third-order valence-electron chi connectivity index (χ3n) is 3.81. The van der Waals surface area contributed by atoms with Crippen molar-refractivity contribution in [1.82, 2.24) is 14.6 Å². The number of fused-ring (bicyclic) bond motifs is 1. The summed E-state index contributed by atoms with van der Waals surface area (Å²) >= 11 is 2.86. The smallest absolute Gasteiger partial charge is 0.260 e. The fourth-order valence-corrected chi connectivity index (χ4v) is 4.37. The van der Waals surface area contributed by atoms with E-state index in [0.717, 1.165) is 22.3 Å². The minimum atomic E-state index is -4.34. The van der Waals surface area contributed by atoms with E-state index in [2.05, 4.69) is 10.2 Å². The van der Waals surface area contributed by atoms with Gasteiger partial charge in [-0.2, -0.15) is 13.2 Å². The zero-order chi connectivity index (χ0) is 18.1.